The number of fused-ring (bicyclic) bond motifs is 1. The van der Waals surface area contributed by atoms with E-state index in [1.165, 1.54) is 6.26 Å². The van der Waals surface area contributed by atoms with E-state index < -0.39 is 0 Å². The number of aryl methyl sites for hydroxylation is 1. The molecule has 0 bridgehead atoms. The Hall–Kier alpha value is -2.23. The summed E-state index contributed by atoms with van der Waals surface area (Å²) < 4.78 is 5.23. The zero-order valence-corrected chi connectivity index (χ0v) is 10.8. The number of hydrogen-bond acceptors (Lipinski definition) is 3. The van der Waals surface area contributed by atoms with Crippen molar-refractivity contribution in [2.24, 2.45) is 0 Å². The molecule has 2 aromatic rings. The second-order valence-corrected chi connectivity index (χ2v) is 4.70. The summed E-state index contributed by atoms with van der Waals surface area (Å²) in [6.45, 7) is 3.44. The number of nitrogens with one attached hydrogen (secondary N) is 1. The smallest absolute Gasteiger partial charge is 0.261 e. The summed E-state index contributed by atoms with van der Waals surface area (Å²) in [5.74, 6) is 0.748. The van der Waals surface area contributed by atoms with Gasteiger partial charge in [0.05, 0.1) is 16.9 Å². The Morgan fingerprint density at radius 3 is 3.00 bits per heavy atom. The van der Waals surface area contributed by atoms with Gasteiger partial charge in [0.1, 0.15) is 12.0 Å². The molecule has 1 amide bonds. The fourth-order valence-electron chi connectivity index (χ4n) is 2.36. The van der Waals surface area contributed by atoms with Gasteiger partial charge in [-0.2, -0.15) is 0 Å². The summed E-state index contributed by atoms with van der Waals surface area (Å²) >= 11 is 0. The normalized spacial score (nSPS) is 14.5. The van der Waals surface area contributed by atoms with E-state index in [9.17, 15) is 4.79 Å². The van der Waals surface area contributed by atoms with Crippen molar-refractivity contribution in [1.82, 2.24) is 0 Å². The van der Waals surface area contributed by atoms with Gasteiger partial charge in [0.15, 0.2) is 0 Å². The minimum atomic E-state index is -0.00648. The minimum absolute atomic E-state index is 0.00648. The molecule has 0 atom stereocenters. The number of hydrogen-bond donors (Lipinski definition) is 1. The Kier molecular flexibility index (Phi) is 2.99. The highest BCUT2D eigenvalue weighted by molar-refractivity contribution is 6.07. The fraction of sp³-hybridized carbons (Fsp3) is 0.267. The first-order chi connectivity index (χ1) is 9.25. The highest BCUT2D eigenvalue weighted by Gasteiger charge is 2.22. The summed E-state index contributed by atoms with van der Waals surface area (Å²) in [5.41, 5.74) is 2.55. The molecule has 0 spiro atoms. The van der Waals surface area contributed by atoms with Crippen molar-refractivity contribution >= 4 is 17.3 Å². The van der Waals surface area contributed by atoms with E-state index in [4.69, 9.17) is 4.42 Å². The second kappa shape index (κ2) is 4.80. The molecule has 0 fully saturated rings. The summed E-state index contributed by atoms with van der Waals surface area (Å²) in [4.78, 5) is 14.4. The number of rotatable bonds is 1. The summed E-state index contributed by atoms with van der Waals surface area (Å²) in [7, 11) is 0. The molecule has 0 unspecified atom stereocenters. The van der Waals surface area contributed by atoms with Crippen LogP contribution in [0.5, 0.6) is 0 Å². The number of nitrogens with zero attached hydrogens (tertiary/aromatic N) is 1. The quantitative estimate of drug-likeness (QED) is 0.853. The minimum Gasteiger partial charge on any atom is -0.469 e. The summed E-state index contributed by atoms with van der Waals surface area (Å²) in [5, 5.41) is 3.35. The average molecular weight is 256 g/mol. The van der Waals surface area contributed by atoms with Crippen LogP contribution in [-0.2, 0) is 0 Å². The molecule has 0 aliphatic carbocycles. The van der Waals surface area contributed by atoms with Crippen molar-refractivity contribution in [3.05, 3.63) is 47.9 Å². The van der Waals surface area contributed by atoms with Crippen LogP contribution >= 0.6 is 0 Å². The van der Waals surface area contributed by atoms with Crippen molar-refractivity contribution in [3.8, 4) is 0 Å². The molecule has 2 heterocycles. The maximum atomic E-state index is 12.6. The van der Waals surface area contributed by atoms with E-state index in [2.05, 4.69) is 5.32 Å². The lowest BCUT2D eigenvalue weighted by molar-refractivity contribution is 0.0986. The summed E-state index contributed by atoms with van der Waals surface area (Å²) in [6.07, 6.45) is 2.45. The molecule has 1 N–H and O–H groups in total. The van der Waals surface area contributed by atoms with Crippen molar-refractivity contribution in [3.63, 3.8) is 0 Å². The van der Waals surface area contributed by atoms with E-state index in [1.807, 2.05) is 36.1 Å². The first-order valence-corrected chi connectivity index (χ1v) is 6.45. The molecule has 19 heavy (non-hydrogen) atoms. The van der Waals surface area contributed by atoms with Gasteiger partial charge in [-0.1, -0.05) is 12.1 Å². The van der Waals surface area contributed by atoms with Crippen LogP contribution in [-0.4, -0.2) is 19.0 Å². The lowest BCUT2D eigenvalue weighted by atomic mass is 10.2. The molecule has 1 aliphatic rings. The van der Waals surface area contributed by atoms with Crippen LogP contribution in [0, 0.1) is 6.92 Å². The number of carbonyl (C=O) groups is 1. The number of amides is 1. The van der Waals surface area contributed by atoms with Gasteiger partial charge < -0.3 is 14.6 Å². The third-order valence-corrected chi connectivity index (χ3v) is 3.29. The van der Waals surface area contributed by atoms with Gasteiger partial charge in [0.25, 0.3) is 5.91 Å². The maximum Gasteiger partial charge on any atom is 0.261 e. The topological polar surface area (TPSA) is 45.5 Å². The van der Waals surface area contributed by atoms with Gasteiger partial charge in [-0.05, 0) is 31.5 Å². The zero-order chi connectivity index (χ0) is 13.2. The van der Waals surface area contributed by atoms with Gasteiger partial charge in [0, 0.05) is 13.1 Å². The maximum absolute atomic E-state index is 12.6. The van der Waals surface area contributed by atoms with Crippen LogP contribution in [0.25, 0.3) is 0 Å². The highest BCUT2D eigenvalue weighted by atomic mass is 16.3. The Bertz CT molecular complexity index is 604. The van der Waals surface area contributed by atoms with Crippen LogP contribution in [0.1, 0.15) is 22.5 Å². The van der Waals surface area contributed by atoms with E-state index in [0.717, 1.165) is 30.1 Å². The molecule has 0 saturated heterocycles. The molecular formula is C15H16N2O2. The number of benzene rings is 1. The Labute approximate surface area is 112 Å². The third-order valence-electron chi connectivity index (χ3n) is 3.29. The van der Waals surface area contributed by atoms with Crippen molar-refractivity contribution < 1.29 is 9.21 Å². The van der Waals surface area contributed by atoms with Gasteiger partial charge in [-0.25, -0.2) is 0 Å². The monoisotopic (exact) mass is 256 g/mol. The lowest BCUT2D eigenvalue weighted by Crippen LogP contribution is -2.31. The number of anilines is 2. The first-order valence-electron chi connectivity index (χ1n) is 6.45. The van der Waals surface area contributed by atoms with Gasteiger partial charge in [-0.3, -0.25) is 4.79 Å². The molecule has 1 aliphatic heterocycles. The van der Waals surface area contributed by atoms with Crippen molar-refractivity contribution in [2.45, 2.75) is 13.3 Å². The zero-order valence-electron chi connectivity index (χ0n) is 10.8. The van der Waals surface area contributed by atoms with E-state index >= 15 is 0 Å². The lowest BCUT2D eigenvalue weighted by Gasteiger charge is -2.21. The number of carbonyl (C=O) groups excluding carboxylic acids is 1. The van der Waals surface area contributed by atoms with Crippen LogP contribution in [0.15, 0.2) is 41.0 Å². The molecule has 1 aromatic carbocycles. The van der Waals surface area contributed by atoms with Crippen LogP contribution in [0.3, 0.4) is 0 Å². The molecule has 0 radical (unpaired) electrons. The van der Waals surface area contributed by atoms with Gasteiger partial charge in [-0.15, -0.1) is 0 Å². The Morgan fingerprint density at radius 2 is 2.21 bits per heavy atom. The molecule has 1 aromatic heterocycles. The standard InChI is InChI=1S/C15H16N2O2/c1-11-9-12(10-19-11)15(18)17-8-4-7-16-13-5-2-3-6-14(13)17/h2-3,5-6,9-10,16H,4,7-8H2,1H3. The van der Waals surface area contributed by atoms with Crippen LogP contribution < -0.4 is 10.2 Å². The fourth-order valence-corrected chi connectivity index (χ4v) is 2.36. The van der Waals surface area contributed by atoms with E-state index in [1.54, 1.807) is 6.07 Å². The molecular weight excluding hydrogens is 240 g/mol. The van der Waals surface area contributed by atoms with Gasteiger partial charge >= 0.3 is 0 Å². The molecule has 4 heteroatoms. The number of furan rings is 1. The highest BCUT2D eigenvalue weighted by Crippen LogP contribution is 2.29. The Morgan fingerprint density at radius 1 is 1.37 bits per heavy atom. The van der Waals surface area contributed by atoms with Crippen LogP contribution in [0.2, 0.25) is 0 Å². The predicted octanol–water partition coefficient (Wildman–Crippen LogP) is 3.05. The Balaban J connectivity index is 1.98. The SMILES string of the molecule is Cc1cc(C(=O)N2CCCNc3ccccc32)co1. The second-order valence-electron chi connectivity index (χ2n) is 4.70. The largest absolute Gasteiger partial charge is 0.469 e. The van der Waals surface area contributed by atoms with Crippen molar-refractivity contribution in [1.29, 1.82) is 0 Å². The molecule has 98 valence electrons. The van der Waals surface area contributed by atoms with E-state index in [-0.39, 0.29) is 5.91 Å². The summed E-state index contributed by atoms with van der Waals surface area (Å²) in [6, 6.07) is 9.68. The third kappa shape index (κ3) is 2.21. The van der Waals surface area contributed by atoms with Crippen LogP contribution in [0.4, 0.5) is 11.4 Å². The molecule has 3 rings (SSSR count). The molecule has 0 saturated carbocycles. The predicted molar refractivity (Wildman–Crippen MR) is 74.7 cm³/mol. The van der Waals surface area contributed by atoms with Gasteiger partial charge in [0.2, 0.25) is 0 Å². The van der Waals surface area contributed by atoms with Crippen molar-refractivity contribution in [2.75, 3.05) is 23.3 Å². The first kappa shape index (κ1) is 11.8. The van der Waals surface area contributed by atoms with E-state index in [0.29, 0.717) is 12.1 Å². The molecule has 4 nitrogen and oxygen atoms in total. The number of para-hydroxylation sites is 2. The average Bonchev–Trinajstić information content (AvgIpc) is 2.74.